The van der Waals surface area contributed by atoms with Crippen LogP contribution in [0.5, 0.6) is 0 Å². The summed E-state index contributed by atoms with van der Waals surface area (Å²) in [6, 6.07) is 29.0. The summed E-state index contributed by atoms with van der Waals surface area (Å²) in [5, 5.41) is 3.37. The van der Waals surface area contributed by atoms with E-state index in [0.717, 1.165) is 21.0 Å². The Kier molecular flexibility index (Phi) is 10.8. The summed E-state index contributed by atoms with van der Waals surface area (Å²) in [6.07, 6.45) is 0.255. The van der Waals surface area contributed by atoms with Gasteiger partial charge in [-0.2, -0.15) is 0 Å². The molecular weight excluding hydrogens is 594 g/mol. The molecule has 1 unspecified atom stereocenters. The van der Waals surface area contributed by atoms with Crippen LogP contribution in [-0.4, -0.2) is 43.8 Å². The van der Waals surface area contributed by atoms with Crippen LogP contribution in [0.2, 0.25) is 5.02 Å². The van der Waals surface area contributed by atoms with E-state index in [0.29, 0.717) is 16.3 Å². The van der Waals surface area contributed by atoms with Crippen molar-refractivity contribution in [1.29, 1.82) is 0 Å². The molecule has 0 saturated carbocycles. The third-order valence-corrected chi connectivity index (χ3v) is 9.27. The van der Waals surface area contributed by atoms with Gasteiger partial charge in [0.1, 0.15) is 12.6 Å². The highest BCUT2D eigenvalue weighted by Gasteiger charge is 2.35. The minimum atomic E-state index is -4.20. The molecular formula is C35H38ClN3O4S. The average molecular weight is 632 g/mol. The van der Waals surface area contributed by atoms with Gasteiger partial charge in [-0.05, 0) is 74.7 Å². The van der Waals surface area contributed by atoms with E-state index >= 15 is 0 Å². The Hall–Kier alpha value is -4.14. The third-order valence-electron chi connectivity index (χ3n) is 7.24. The monoisotopic (exact) mass is 631 g/mol. The van der Waals surface area contributed by atoms with E-state index in [9.17, 15) is 18.0 Å². The number of nitrogens with zero attached hydrogens (tertiary/aromatic N) is 2. The van der Waals surface area contributed by atoms with Crippen molar-refractivity contribution in [2.75, 3.05) is 10.8 Å². The summed E-state index contributed by atoms with van der Waals surface area (Å²) in [5.74, 6) is -0.821. The van der Waals surface area contributed by atoms with Gasteiger partial charge >= 0.3 is 0 Å². The Morgan fingerprint density at radius 2 is 1.41 bits per heavy atom. The van der Waals surface area contributed by atoms with E-state index in [1.165, 1.54) is 29.2 Å². The molecule has 1 atom stereocenters. The number of amides is 2. The second-order valence-corrected chi connectivity index (χ2v) is 13.4. The lowest BCUT2D eigenvalue weighted by Gasteiger charge is -2.34. The lowest BCUT2D eigenvalue weighted by Crippen LogP contribution is -2.54. The molecule has 0 fully saturated rings. The van der Waals surface area contributed by atoms with Crippen molar-refractivity contribution in [3.63, 3.8) is 0 Å². The molecule has 0 heterocycles. The van der Waals surface area contributed by atoms with Crippen LogP contribution in [0.1, 0.15) is 36.1 Å². The van der Waals surface area contributed by atoms with Gasteiger partial charge in [0.25, 0.3) is 10.0 Å². The molecule has 0 aliphatic carbocycles. The molecule has 0 aliphatic rings. The molecule has 230 valence electrons. The second-order valence-electron chi connectivity index (χ2n) is 11.1. The van der Waals surface area contributed by atoms with E-state index in [-0.39, 0.29) is 29.8 Å². The zero-order chi connectivity index (χ0) is 31.9. The molecule has 0 spiro atoms. The zero-order valence-corrected chi connectivity index (χ0v) is 27.0. The summed E-state index contributed by atoms with van der Waals surface area (Å²) in [7, 11) is -4.20. The van der Waals surface area contributed by atoms with Crippen LogP contribution in [0.3, 0.4) is 0 Å². The van der Waals surface area contributed by atoms with Crippen molar-refractivity contribution in [1.82, 2.24) is 10.2 Å². The molecule has 0 aromatic heterocycles. The van der Waals surface area contributed by atoms with E-state index < -0.39 is 28.5 Å². The highest BCUT2D eigenvalue weighted by molar-refractivity contribution is 7.92. The first-order valence-electron chi connectivity index (χ1n) is 14.5. The van der Waals surface area contributed by atoms with Gasteiger partial charge in [0.2, 0.25) is 11.8 Å². The van der Waals surface area contributed by atoms with Gasteiger partial charge in [-0.15, -0.1) is 0 Å². The van der Waals surface area contributed by atoms with Crippen LogP contribution < -0.4 is 9.62 Å². The predicted octanol–water partition coefficient (Wildman–Crippen LogP) is 6.32. The van der Waals surface area contributed by atoms with Crippen LogP contribution in [0.15, 0.2) is 108 Å². The first-order chi connectivity index (χ1) is 21.0. The predicted molar refractivity (Wildman–Crippen MR) is 176 cm³/mol. The van der Waals surface area contributed by atoms with E-state index in [1.54, 1.807) is 25.1 Å². The van der Waals surface area contributed by atoms with E-state index in [4.69, 9.17) is 11.6 Å². The molecule has 7 nitrogen and oxygen atoms in total. The van der Waals surface area contributed by atoms with Crippen molar-refractivity contribution in [3.05, 3.63) is 130 Å². The van der Waals surface area contributed by atoms with Crippen molar-refractivity contribution in [2.24, 2.45) is 0 Å². The van der Waals surface area contributed by atoms with Crippen LogP contribution in [-0.2, 0) is 32.6 Å². The quantitative estimate of drug-likeness (QED) is 0.198. The number of hydrogen-bond donors (Lipinski definition) is 1. The number of nitrogens with one attached hydrogen (secondary N) is 1. The molecule has 4 aromatic rings. The summed E-state index contributed by atoms with van der Waals surface area (Å²) in [5.41, 5.74) is 3.81. The maximum Gasteiger partial charge on any atom is 0.264 e. The number of anilines is 1. The van der Waals surface area contributed by atoms with Gasteiger partial charge in [-0.25, -0.2) is 8.42 Å². The highest BCUT2D eigenvalue weighted by Crippen LogP contribution is 2.28. The number of halogens is 1. The smallest absolute Gasteiger partial charge is 0.264 e. The summed E-state index contributed by atoms with van der Waals surface area (Å²) in [4.78, 5) is 29.7. The van der Waals surface area contributed by atoms with Gasteiger partial charge in [0, 0.05) is 24.0 Å². The zero-order valence-electron chi connectivity index (χ0n) is 25.4. The summed E-state index contributed by atoms with van der Waals surface area (Å²) >= 11 is 6.06. The average Bonchev–Trinajstić information content (AvgIpc) is 2.99. The highest BCUT2D eigenvalue weighted by atomic mass is 35.5. The number of benzene rings is 4. The number of carbonyl (C=O) groups excluding carboxylic acids is 2. The number of sulfonamides is 1. The van der Waals surface area contributed by atoms with Crippen molar-refractivity contribution < 1.29 is 18.0 Å². The molecule has 0 bridgehead atoms. The normalized spacial score (nSPS) is 12.0. The van der Waals surface area contributed by atoms with Crippen molar-refractivity contribution >= 4 is 39.1 Å². The van der Waals surface area contributed by atoms with Gasteiger partial charge < -0.3 is 10.2 Å². The number of rotatable bonds is 12. The lowest BCUT2D eigenvalue weighted by molar-refractivity contribution is -0.140. The Morgan fingerprint density at radius 3 is 2.02 bits per heavy atom. The van der Waals surface area contributed by atoms with Gasteiger partial charge in [0.05, 0.1) is 10.6 Å². The fraction of sp³-hybridized carbons (Fsp3) is 0.257. The fourth-order valence-electron chi connectivity index (χ4n) is 4.92. The first-order valence-corrected chi connectivity index (χ1v) is 16.3. The number of hydrogen-bond acceptors (Lipinski definition) is 4. The largest absolute Gasteiger partial charge is 0.352 e. The minimum Gasteiger partial charge on any atom is -0.352 e. The van der Waals surface area contributed by atoms with Crippen molar-refractivity contribution in [2.45, 2.75) is 57.6 Å². The molecule has 0 saturated heterocycles. The standard InChI is InChI=1S/C35H38ClN3O4S/c1-25(2)37-35(41)33(22-28-11-6-5-7-12-28)38(23-29-16-14-26(3)15-17-29)34(40)24-39(32-13-9-8-10-27(32)4)44(42,43)31-20-18-30(36)19-21-31/h5-21,25,33H,22-24H2,1-4H3,(H,37,41). The first kappa shape index (κ1) is 32.8. The Bertz CT molecular complexity index is 1680. The molecule has 4 rings (SSSR count). The van der Waals surface area contributed by atoms with E-state index in [1.807, 2.05) is 81.4 Å². The van der Waals surface area contributed by atoms with Crippen LogP contribution in [0.4, 0.5) is 5.69 Å². The molecule has 0 aliphatic heterocycles. The summed E-state index contributed by atoms with van der Waals surface area (Å²) in [6.45, 7) is 7.10. The van der Waals surface area contributed by atoms with Gasteiger partial charge in [0.15, 0.2) is 0 Å². The molecule has 9 heteroatoms. The Morgan fingerprint density at radius 1 is 0.795 bits per heavy atom. The summed E-state index contributed by atoms with van der Waals surface area (Å²) < 4.78 is 29.4. The third kappa shape index (κ3) is 8.27. The van der Waals surface area contributed by atoms with Gasteiger partial charge in [-0.3, -0.25) is 13.9 Å². The molecule has 4 aromatic carbocycles. The van der Waals surface area contributed by atoms with E-state index in [2.05, 4.69) is 5.32 Å². The Labute approximate surface area is 265 Å². The SMILES string of the molecule is Cc1ccc(CN(C(=O)CN(c2ccccc2C)S(=O)(=O)c2ccc(Cl)cc2)C(Cc2ccccc2)C(=O)NC(C)C)cc1. The fourth-order valence-corrected chi connectivity index (χ4v) is 6.52. The molecule has 44 heavy (non-hydrogen) atoms. The topological polar surface area (TPSA) is 86.8 Å². The van der Waals surface area contributed by atoms with Crippen LogP contribution >= 0.6 is 11.6 Å². The number of aryl methyl sites for hydroxylation is 2. The number of carbonyl (C=O) groups is 2. The maximum atomic E-state index is 14.5. The van der Waals surface area contributed by atoms with Crippen LogP contribution in [0.25, 0.3) is 0 Å². The lowest BCUT2D eigenvalue weighted by atomic mass is 10.0. The maximum absolute atomic E-state index is 14.5. The number of para-hydroxylation sites is 1. The van der Waals surface area contributed by atoms with Crippen molar-refractivity contribution in [3.8, 4) is 0 Å². The minimum absolute atomic E-state index is 0.00132. The van der Waals surface area contributed by atoms with Gasteiger partial charge in [-0.1, -0.05) is 90.0 Å². The molecule has 1 N–H and O–H groups in total. The molecule has 2 amide bonds. The Balaban J connectivity index is 1.81. The second kappa shape index (κ2) is 14.6. The molecule has 0 radical (unpaired) electrons. The van der Waals surface area contributed by atoms with Crippen LogP contribution in [0, 0.1) is 13.8 Å².